The Hall–Kier alpha value is -3.83. The largest absolute Gasteiger partial charge is 0.402 e. The van der Waals surface area contributed by atoms with Crippen LogP contribution in [0.15, 0.2) is 27.1 Å². The predicted molar refractivity (Wildman–Crippen MR) is 122 cm³/mol. The maximum atomic E-state index is 14.9. The van der Waals surface area contributed by atoms with Gasteiger partial charge in [0.1, 0.15) is 17.4 Å². The minimum absolute atomic E-state index is 0.0449. The van der Waals surface area contributed by atoms with Crippen LogP contribution in [0.4, 0.5) is 20.5 Å². The molecule has 3 aliphatic rings. The maximum absolute atomic E-state index is 14.9. The summed E-state index contributed by atoms with van der Waals surface area (Å²) in [5.41, 5.74) is 0.546. The van der Waals surface area contributed by atoms with Gasteiger partial charge in [-0.2, -0.15) is 0 Å². The summed E-state index contributed by atoms with van der Waals surface area (Å²) in [4.78, 5) is 25.3. The van der Waals surface area contributed by atoms with Crippen molar-refractivity contribution in [3.8, 4) is 11.6 Å². The average molecular weight is 498 g/mol. The number of anilines is 2. The van der Waals surface area contributed by atoms with E-state index in [0.717, 1.165) is 18.6 Å². The van der Waals surface area contributed by atoms with Crippen molar-refractivity contribution < 1.29 is 27.3 Å². The molecule has 10 nitrogen and oxygen atoms in total. The molecular weight excluding hydrogens is 474 g/mol. The van der Waals surface area contributed by atoms with Crippen LogP contribution in [0.5, 0.6) is 0 Å². The molecule has 2 aromatic heterocycles. The summed E-state index contributed by atoms with van der Waals surface area (Å²) in [5.74, 6) is -2.27. The number of amides is 2. The van der Waals surface area contributed by atoms with Gasteiger partial charge >= 0.3 is 6.01 Å². The zero-order chi connectivity index (χ0) is 25.0. The van der Waals surface area contributed by atoms with Crippen molar-refractivity contribution in [2.75, 3.05) is 16.8 Å². The Labute approximate surface area is 204 Å². The second-order valence-corrected chi connectivity index (χ2v) is 9.63. The lowest BCUT2D eigenvalue weighted by atomic mass is 9.83. The standard InChI is InChI=1S/C24H24F2N6O4/c1-11-18(27-24-30-29-23(35-24)17-9-19(36-31-17)12-3-2-4-12)10-32(11)13-7-15(25)21(16(26)8-13)14-5-6-20(33)28-22(14)34/h7-9,11-12,14,18H,2-6,10H2,1H3,(H,27,30)(H,28,33,34)/t11-,14?,18+/m1/s1. The molecule has 12 heteroatoms. The van der Waals surface area contributed by atoms with Crippen molar-refractivity contribution in [2.45, 2.75) is 62.9 Å². The molecule has 3 aromatic rings. The molecule has 1 aromatic carbocycles. The molecule has 2 amide bonds. The van der Waals surface area contributed by atoms with Crippen LogP contribution in [-0.4, -0.2) is 45.8 Å². The Morgan fingerprint density at radius 3 is 2.56 bits per heavy atom. The number of aromatic nitrogens is 3. The fourth-order valence-electron chi connectivity index (χ4n) is 4.97. The third-order valence-electron chi connectivity index (χ3n) is 7.44. The highest BCUT2D eigenvalue weighted by atomic mass is 19.1. The molecule has 0 spiro atoms. The first kappa shape index (κ1) is 22.6. The zero-order valence-corrected chi connectivity index (χ0v) is 19.5. The normalized spacial score (nSPS) is 24.3. The van der Waals surface area contributed by atoms with Crippen molar-refractivity contribution in [1.29, 1.82) is 0 Å². The van der Waals surface area contributed by atoms with Crippen LogP contribution in [0.3, 0.4) is 0 Å². The van der Waals surface area contributed by atoms with Crippen molar-refractivity contribution >= 4 is 23.5 Å². The molecule has 3 fully saturated rings. The molecular formula is C24H24F2N6O4. The van der Waals surface area contributed by atoms with Crippen molar-refractivity contribution in [2.24, 2.45) is 0 Å². The minimum atomic E-state index is -1.03. The minimum Gasteiger partial charge on any atom is -0.402 e. The van der Waals surface area contributed by atoms with E-state index in [0.29, 0.717) is 23.8 Å². The number of carbonyl (C=O) groups excluding carboxylic acids is 2. The lowest BCUT2D eigenvalue weighted by Crippen LogP contribution is -2.62. The smallest absolute Gasteiger partial charge is 0.316 e. The molecule has 1 aliphatic carbocycles. The van der Waals surface area contributed by atoms with Gasteiger partial charge < -0.3 is 19.2 Å². The van der Waals surface area contributed by atoms with E-state index in [9.17, 15) is 18.4 Å². The van der Waals surface area contributed by atoms with E-state index in [1.807, 2.05) is 17.9 Å². The number of carbonyl (C=O) groups is 2. The van der Waals surface area contributed by atoms with Gasteiger partial charge in [-0.05, 0) is 38.3 Å². The Bertz CT molecular complexity index is 1310. The van der Waals surface area contributed by atoms with E-state index < -0.39 is 29.4 Å². The van der Waals surface area contributed by atoms with Crippen LogP contribution >= 0.6 is 0 Å². The monoisotopic (exact) mass is 498 g/mol. The van der Waals surface area contributed by atoms with Crippen molar-refractivity contribution in [1.82, 2.24) is 20.7 Å². The third kappa shape index (κ3) is 3.90. The Kier molecular flexibility index (Phi) is 5.45. The second-order valence-electron chi connectivity index (χ2n) is 9.63. The first-order chi connectivity index (χ1) is 17.4. The van der Waals surface area contributed by atoms with Gasteiger partial charge in [-0.15, -0.1) is 5.10 Å². The lowest BCUT2D eigenvalue weighted by molar-refractivity contribution is -0.134. The van der Waals surface area contributed by atoms with Crippen molar-refractivity contribution in [3.05, 3.63) is 41.2 Å². The van der Waals surface area contributed by atoms with Crippen LogP contribution in [-0.2, 0) is 9.59 Å². The fraction of sp³-hybridized carbons (Fsp3) is 0.458. The predicted octanol–water partition coefficient (Wildman–Crippen LogP) is 3.48. The number of hydrogen-bond acceptors (Lipinski definition) is 9. The highest BCUT2D eigenvalue weighted by Gasteiger charge is 2.39. The van der Waals surface area contributed by atoms with Gasteiger partial charge in [-0.25, -0.2) is 8.78 Å². The van der Waals surface area contributed by atoms with Crippen LogP contribution in [0.2, 0.25) is 0 Å². The Morgan fingerprint density at radius 1 is 1.11 bits per heavy atom. The van der Waals surface area contributed by atoms with E-state index >= 15 is 0 Å². The number of nitrogens with zero attached hydrogens (tertiary/aromatic N) is 4. The summed E-state index contributed by atoms with van der Waals surface area (Å²) in [6, 6.07) is 4.28. The number of benzene rings is 1. The zero-order valence-electron chi connectivity index (χ0n) is 19.5. The van der Waals surface area contributed by atoms with Gasteiger partial charge in [0.05, 0.1) is 12.0 Å². The molecule has 2 aliphatic heterocycles. The number of halogens is 2. The number of piperidine rings is 1. The summed E-state index contributed by atoms with van der Waals surface area (Å²) < 4.78 is 40.9. The van der Waals surface area contributed by atoms with Gasteiger partial charge in [0.15, 0.2) is 5.69 Å². The summed E-state index contributed by atoms with van der Waals surface area (Å²) in [7, 11) is 0. The van der Waals surface area contributed by atoms with Gasteiger partial charge in [0.25, 0.3) is 5.89 Å². The highest BCUT2D eigenvalue weighted by molar-refractivity contribution is 6.01. The number of hydrogen-bond donors (Lipinski definition) is 2. The SMILES string of the molecule is C[C@@H]1[C@@H](Nc2nnc(-c3cc(C4CCC4)on3)o2)CN1c1cc(F)c(C2CCC(=O)NC2=O)c(F)c1. The quantitative estimate of drug-likeness (QED) is 0.491. The lowest BCUT2D eigenvalue weighted by Gasteiger charge is -2.48. The maximum Gasteiger partial charge on any atom is 0.316 e. The Morgan fingerprint density at radius 2 is 1.89 bits per heavy atom. The van der Waals surface area contributed by atoms with Crippen LogP contribution < -0.4 is 15.5 Å². The van der Waals surface area contributed by atoms with Crippen molar-refractivity contribution in [3.63, 3.8) is 0 Å². The number of nitrogens with one attached hydrogen (secondary N) is 2. The van der Waals surface area contributed by atoms with E-state index in [2.05, 4.69) is 26.0 Å². The molecule has 6 rings (SSSR count). The highest BCUT2D eigenvalue weighted by Crippen LogP contribution is 2.38. The fourth-order valence-corrected chi connectivity index (χ4v) is 4.97. The summed E-state index contributed by atoms with van der Waals surface area (Å²) in [5, 5.41) is 17.4. The molecule has 2 saturated heterocycles. The molecule has 188 valence electrons. The number of imide groups is 1. The summed E-state index contributed by atoms with van der Waals surface area (Å²) in [6.07, 6.45) is 3.49. The molecule has 2 N–H and O–H groups in total. The molecule has 4 heterocycles. The molecule has 36 heavy (non-hydrogen) atoms. The summed E-state index contributed by atoms with van der Waals surface area (Å²) >= 11 is 0. The van der Waals surface area contributed by atoms with Gasteiger partial charge in [-0.3, -0.25) is 14.9 Å². The summed E-state index contributed by atoms with van der Waals surface area (Å²) in [6.45, 7) is 2.36. The van der Waals surface area contributed by atoms with Crippen LogP contribution in [0, 0.1) is 11.6 Å². The van der Waals surface area contributed by atoms with E-state index in [1.54, 1.807) is 0 Å². The van der Waals surface area contributed by atoms with E-state index in [-0.39, 0.29) is 42.4 Å². The van der Waals surface area contributed by atoms with Gasteiger partial charge in [0, 0.05) is 42.2 Å². The van der Waals surface area contributed by atoms with Gasteiger partial charge in [0.2, 0.25) is 11.8 Å². The van der Waals surface area contributed by atoms with E-state index in [1.165, 1.54) is 18.6 Å². The number of rotatable bonds is 6. The van der Waals surface area contributed by atoms with Crippen LogP contribution in [0.1, 0.15) is 62.2 Å². The average Bonchev–Trinajstić information content (AvgIpc) is 3.45. The first-order valence-corrected chi connectivity index (χ1v) is 12.0. The Balaban J connectivity index is 1.11. The molecule has 0 radical (unpaired) electrons. The molecule has 0 bridgehead atoms. The third-order valence-corrected chi connectivity index (χ3v) is 7.44. The topological polar surface area (TPSA) is 126 Å². The first-order valence-electron chi connectivity index (χ1n) is 12.0. The molecule has 1 saturated carbocycles. The van der Waals surface area contributed by atoms with E-state index in [4.69, 9.17) is 8.94 Å². The second kappa shape index (κ2) is 8.68. The molecule has 1 unspecified atom stereocenters. The van der Waals surface area contributed by atoms with Crippen LogP contribution in [0.25, 0.3) is 11.6 Å². The molecule has 3 atom stereocenters. The van der Waals surface area contributed by atoms with Gasteiger partial charge in [-0.1, -0.05) is 16.7 Å².